The molecule has 3 fully saturated rings. The van der Waals surface area contributed by atoms with Gasteiger partial charge < -0.3 is 5.32 Å². The molecule has 28 heavy (non-hydrogen) atoms. The van der Waals surface area contributed by atoms with Crippen molar-refractivity contribution in [1.82, 2.24) is 0 Å². The molecule has 2 aliphatic carbocycles. The summed E-state index contributed by atoms with van der Waals surface area (Å²) in [5, 5.41) is 2.84. The number of nitrogens with zero attached hydrogens (tertiary/aromatic N) is 1. The van der Waals surface area contributed by atoms with Crippen LogP contribution in [-0.2, 0) is 9.59 Å². The predicted molar refractivity (Wildman–Crippen MR) is 109 cm³/mol. The minimum absolute atomic E-state index is 0.0609. The molecule has 1 heterocycles. The molecule has 4 atom stereocenters. The molecule has 2 saturated carbocycles. The lowest BCUT2D eigenvalue weighted by Gasteiger charge is -2.19. The molecule has 0 aromatic heterocycles. The van der Waals surface area contributed by atoms with Gasteiger partial charge in [0.1, 0.15) is 0 Å². The monoisotopic (exact) mass is 438 g/mol. The van der Waals surface area contributed by atoms with Gasteiger partial charge >= 0.3 is 0 Å². The first-order valence-electron chi connectivity index (χ1n) is 9.58. The van der Waals surface area contributed by atoms with Crippen LogP contribution in [0, 0.1) is 23.7 Å². The minimum Gasteiger partial charge on any atom is -0.322 e. The van der Waals surface area contributed by atoms with Gasteiger partial charge in [0.15, 0.2) is 0 Å². The van der Waals surface area contributed by atoms with Crippen LogP contribution < -0.4 is 10.2 Å². The smallest absolute Gasteiger partial charge is 0.255 e. The van der Waals surface area contributed by atoms with Gasteiger partial charge in [-0.1, -0.05) is 15.9 Å². The number of imide groups is 1. The van der Waals surface area contributed by atoms with Crippen molar-refractivity contribution in [1.29, 1.82) is 0 Å². The van der Waals surface area contributed by atoms with Crippen molar-refractivity contribution >= 4 is 45.0 Å². The first-order chi connectivity index (χ1) is 13.5. The van der Waals surface area contributed by atoms with Crippen LogP contribution in [0.2, 0.25) is 0 Å². The Morgan fingerprint density at radius 3 is 2.04 bits per heavy atom. The van der Waals surface area contributed by atoms with Gasteiger partial charge in [-0.2, -0.15) is 0 Å². The molecule has 2 aromatic rings. The average Bonchev–Trinajstić information content (AvgIpc) is 3.38. The minimum atomic E-state index is -0.233. The van der Waals surface area contributed by atoms with Crippen molar-refractivity contribution in [3.8, 4) is 0 Å². The Morgan fingerprint density at radius 2 is 1.46 bits per heavy atom. The van der Waals surface area contributed by atoms with Crippen molar-refractivity contribution in [3.05, 3.63) is 58.6 Å². The third-order valence-electron chi connectivity index (χ3n) is 6.42. The Balaban J connectivity index is 1.34. The fourth-order valence-electron chi connectivity index (χ4n) is 5.16. The number of carbonyl (C=O) groups excluding carboxylic acids is 3. The van der Waals surface area contributed by atoms with Crippen LogP contribution in [0.4, 0.5) is 11.4 Å². The van der Waals surface area contributed by atoms with E-state index in [9.17, 15) is 14.4 Å². The van der Waals surface area contributed by atoms with Gasteiger partial charge in [0.05, 0.1) is 17.5 Å². The highest BCUT2D eigenvalue weighted by Crippen LogP contribution is 2.56. The molecular formula is C22H19BrN2O3. The van der Waals surface area contributed by atoms with E-state index in [0.29, 0.717) is 28.8 Å². The molecule has 2 aromatic carbocycles. The second-order valence-corrected chi connectivity index (χ2v) is 8.82. The van der Waals surface area contributed by atoms with E-state index in [0.717, 1.165) is 23.7 Å². The summed E-state index contributed by atoms with van der Waals surface area (Å²) in [5.74, 6) is 0.115. The molecule has 3 aliphatic rings. The van der Waals surface area contributed by atoms with Gasteiger partial charge in [-0.3, -0.25) is 19.3 Å². The van der Waals surface area contributed by atoms with Crippen molar-refractivity contribution in [3.63, 3.8) is 0 Å². The molecular weight excluding hydrogens is 420 g/mol. The zero-order valence-corrected chi connectivity index (χ0v) is 16.7. The second kappa shape index (κ2) is 6.55. The van der Waals surface area contributed by atoms with E-state index in [1.807, 2.05) is 24.3 Å². The highest BCUT2D eigenvalue weighted by atomic mass is 79.9. The van der Waals surface area contributed by atoms with Crippen LogP contribution in [0.5, 0.6) is 0 Å². The third kappa shape index (κ3) is 2.70. The van der Waals surface area contributed by atoms with Crippen molar-refractivity contribution < 1.29 is 14.4 Å². The lowest BCUT2D eigenvalue weighted by Crippen LogP contribution is -2.32. The van der Waals surface area contributed by atoms with Gasteiger partial charge in [-0.05, 0) is 79.6 Å². The first kappa shape index (κ1) is 17.6. The zero-order chi connectivity index (χ0) is 19.4. The summed E-state index contributed by atoms with van der Waals surface area (Å²) in [6, 6.07) is 14.0. The molecule has 5 rings (SSSR count). The van der Waals surface area contributed by atoms with E-state index >= 15 is 0 Å². The van der Waals surface area contributed by atoms with Gasteiger partial charge in [-0.25, -0.2) is 0 Å². The van der Waals surface area contributed by atoms with Gasteiger partial charge in [0.2, 0.25) is 11.8 Å². The topological polar surface area (TPSA) is 66.5 Å². The fourth-order valence-corrected chi connectivity index (χ4v) is 5.43. The third-order valence-corrected chi connectivity index (χ3v) is 6.95. The fraction of sp³-hybridized carbons (Fsp3) is 0.318. The molecule has 0 unspecified atom stereocenters. The Hall–Kier alpha value is -2.47. The molecule has 1 saturated heterocycles. The van der Waals surface area contributed by atoms with E-state index in [1.54, 1.807) is 24.3 Å². The summed E-state index contributed by atoms with van der Waals surface area (Å²) < 4.78 is 0.938. The molecule has 5 nitrogen and oxygen atoms in total. The number of hydrogen-bond donors (Lipinski definition) is 1. The van der Waals surface area contributed by atoms with E-state index in [2.05, 4.69) is 21.2 Å². The number of hydrogen-bond acceptors (Lipinski definition) is 3. The summed E-state index contributed by atoms with van der Waals surface area (Å²) in [6.07, 6.45) is 3.15. The van der Waals surface area contributed by atoms with Crippen LogP contribution in [0.3, 0.4) is 0 Å². The number of nitrogens with one attached hydrogen (secondary N) is 1. The van der Waals surface area contributed by atoms with Gasteiger partial charge in [-0.15, -0.1) is 0 Å². The van der Waals surface area contributed by atoms with Gasteiger partial charge in [0, 0.05) is 15.7 Å². The molecule has 142 valence electrons. The van der Waals surface area contributed by atoms with Gasteiger partial charge in [0.25, 0.3) is 5.91 Å². The van der Waals surface area contributed by atoms with Crippen molar-refractivity contribution in [2.24, 2.45) is 23.7 Å². The van der Waals surface area contributed by atoms with Crippen molar-refractivity contribution in [2.45, 2.75) is 19.3 Å². The van der Waals surface area contributed by atoms with Crippen LogP contribution >= 0.6 is 15.9 Å². The number of carbonyl (C=O) groups is 3. The van der Waals surface area contributed by atoms with E-state index in [-0.39, 0.29) is 29.6 Å². The second-order valence-electron chi connectivity index (χ2n) is 7.90. The standard InChI is InChI=1S/C22H19BrN2O3/c23-15-5-7-16(8-6-15)24-20(26)12-3-9-17(10-4-12)25-21(27)18-13-1-2-14(11-13)19(18)22(25)28/h3-10,13-14,18-19H,1-2,11H2,(H,24,26)/t13-,14-,18-,19-/m0/s1. The number of amides is 3. The number of benzene rings is 2. The molecule has 2 bridgehead atoms. The maximum atomic E-state index is 12.9. The zero-order valence-electron chi connectivity index (χ0n) is 15.1. The molecule has 0 spiro atoms. The normalized spacial score (nSPS) is 28.0. The van der Waals surface area contributed by atoms with Crippen LogP contribution in [0.1, 0.15) is 29.6 Å². The number of anilines is 2. The molecule has 3 amide bonds. The summed E-state index contributed by atoms with van der Waals surface area (Å²) in [5.41, 5.74) is 1.74. The highest BCUT2D eigenvalue weighted by molar-refractivity contribution is 9.10. The molecule has 6 heteroatoms. The van der Waals surface area contributed by atoms with E-state index in [1.165, 1.54) is 4.90 Å². The van der Waals surface area contributed by atoms with Crippen LogP contribution in [0.25, 0.3) is 0 Å². The average molecular weight is 439 g/mol. The number of rotatable bonds is 3. The van der Waals surface area contributed by atoms with Crippen molar-refractivity contribution in [2.75, 3.05) is 10.2 Å². The quantitative estimate of drug-likeness (QED) is 0.728. The maximum Gasteiger partial charge on any atom is 0.255 e. The van der Waals surface area contributed by atoms with Crippen LogP contribution in [0.15, 0.2) is 53.0 Å². The lowest BCUT2D eigenvalue weighted by molar-refractivity contribution is -0.123. The Labute approximate surface area is 171 Å². The first-order valence-corrected chi connectivity index (χ1v) is 10.4. The molecule has 1 N–H and O–H groups in total. The summed E-state index contributed by atoms with van der Waals surface area (Å²) in [4.78, 5) is 39.6. The summed E-state index contributed by atoms with van der Waals surface area (Å²) in [6.45, 7) is 0. The predicted octanol–water partition coefficient (Wildman–Crippen LogP) is 4.24. The maximum absolute atomic E-state index is 12.9. The lowest BCUT2D eigenvalue weighted by atomic mass is 9.81. The summed E-state index contributed by atoms with van der Waals surface area (Å²) >= 11 is 3.36. The van der Waals surface area contributed by atoms with E-state index in [4.69, 9.17) is 0 Å². The SMILES string of the molecule is O=C(Nc1ccc(Br)cc1)c1ccc(N2C(=O)[C@H]3[C@H]4CC[C@@H](C4)[C@@H]3C2=O)cc1. The summed E-state index contributed by atoms with van der Waals surface area (Å²) in [7, 11) is 0. The Kier molecular flexibility index (Phi) is 4.12. The number of halogens is 1. The van der Waals surface area contributed by atoms with E-state index < -0.39 is 0 Å². The largest absolute Gasteiger partial charge is 0.322 e. The number of fused-ring (bicyclic) bond motifs is 5. The Morgan fingerprint density at radius 1 is 0.893 bits per heavy atom. The highest BCUT2D eigenvalue weighted by Gasteiger charge is 2.61. The Bertz CT molecular complexity index is 942. The molecule has 1 aliphatic heterocycles. The molecule has 0 radical (unpaired) electrons. The van der Waals surface area contributed by atoms with Crippen LogP contribution in [-0.4, -0.2) is 17.7 Å².